The maximum absolute atomic E-state index is 13.9. The van der Waals surface area contributed by atoms with E-state index in [-0.39, 0.29) is 17.8 Å². The highest BCUT2D eigenvalue weighted by molar-refractivity contribution is 6.31. The van der Waals surface area contributed by atoms with E-state index in [2.05, 4.69) is 15.7 Å². The summed E-state index contributed by atoms with van der Waals surface area (Å²) in [5.41, 5.74) is 0.942. The molecule has 2 N–H and O–H groups in total. The highest BCUT2D eigenvalue weighted by Gasteiger charge is 2.47. The molecule has 4 rings (SSSR count). The van der Waals surface area contributed by atoms with E-state index in [4.69, 9.17) is 21.1 Å². The summed E-state index contributed by atoms with van der Waals surface area (Å²) in [5.74, 6) is 0.206. The third-order valence-corrected chi connectivity index (χ3v) is 5.61. The minimum atomic E-state index is -4.57. The van der Waals surface area contributed by atoms with Crippen molar-refractivity contribution in [1.82, 2.24) is 9.78 Å². The summed E-state index contributed by atoms with van der Waals surface area (Å²) in [6.45, 7) is 0. The minimum Gasteiger partial charge on any atom is -0.493 e. The molecule has 0 bridgehead atoms. The Hall–Kier alpha value is -3.40. The summed E-state index contributed by atoms with van der Waals surface area (Å²) in [6.07, 6.45) is -3.76. The average molecular weight is 481 g/mol. The van der Waals surface area contributed by atoms with Gasteiger partial charge in [0.15, 0.2) is 17.5 Å². The number of hydrogen-bond donors (Lipinski definition) is 2. The molecule has 0 saturated heterocycles. The number of halogens is 4. The zero-order valence-corrected chi connectivity index (χ0v) is 18.4. The second-order valence-electron chi connectivity index (χ2n) is 7.42. The molecule has 1 amide bonds. The second-order valence-corrected chi connectivity index (χ2v) is 7.86. The minimum absolute atomic E-state index is 0.0191. The Bertz CT molecular complexity index is 1180. The van der Waals surface area contributed by atoms with Crippen LogP contribution in [0.3, 0.4) is 0 Å². The second kappa shape index (κ2) is 8.86. The summed E-state index contributed by atoms with van der Waals surface area (Å²) in [5, 5.41) is 9.98. The van der Waals surface area contributed by atoms with Crippen molar-refractivity contribution in [2.24, 2.45) is 0 Å². The van der Waals surface area contributed by atoms with Gasteiger partial charge in [0, 0.05) is 17.1 Å². The number of fused-ring (bicyclic) bond motifs is 1. The lowest BCUT2D eigenvalue weighted by Gasteiger charge is -2.34. The number of methoxy groups -OCH3 is 2. The van der Waals surface area contributed by atoms with E-state index >= 15 is 0 Å². The standard InChI is InChI=1S/C22H20ClF3N4O3/c1-32-17-7-6-12(8-18(17)33-2)16-10-19(22(24,25)26)30-20(29-16)15(11-27-30)21(31)28-14-5-3-4-13(23)9-14/h3-9,11,16,19,29H,10H2,1-2H3,(H,28,31)/t16-,19+/m1/s1. The molecule has 174 valence electrons. The van der Waals surface area contributed by atoms with Gasteiger partial charge in [-0.15, -0.1) is 0 Å². The fraction of sp³-hybridized carbons (Fsp3) is 0.273. The summed E-state index contributed by atoms with van der Waals surface area (Å²) >= 11 is 5.95. The molecular formula is C22H20ClF3N4O3. The number of benzene rings is 2. The molecule has 0 radical (unpaired) electrons. The number of anilines is 2. The fourth-order valence-electron chi connectivity index (χ4n) is 3.78. The molecule has 1 aromatic heterocycles. The Balaban J connectivity index is 1.70. The van der Waals surface area contributed by atoms with Crippen molar-refractivity contribution in [3.63, 3.8) is 0 Å². The lowest BCUT2D eigenvalue weighted by molar-refractivity contribution is -0.173. The summed E-state index contributed by atoms with van der Waals surface area (Å²) in [6, 6.07) is 8.67. The first kappa shape index (κ1) is 22.8. The van der Waals surface area contributed by atoms with Gasteiger partial charge in [-0.1, -0.05) is 23.7 Å². The van der Waals surface area contributed by atoms with Crippen LogP contribution in [0.15, 0.2) is 48.7 Å². The quantitative estimate of drug-likeness (QED) is 0.506. The third-order valence-electron chi connectivity index (χ3n) is 5.38. The van der Waals surface area contributed by atoms with Crippen molar-refractivity contribution in [2.75, 3.05) is 24.9 Å². The van der Waals surface area contributed by atoms with Crippen LogP contribution in [-0.2, 0) is 0 Å². The van der Waals surface area contributed by atoms with Gasteiger partial charge in [0.1, 0.15) is 11.4 Å². The molecule has 0 saturated carbocycles. The van der Waals surface area contributed by atoms with Crippen molar-refractivity contribution in [3.05, 3.63) is 64.8 Å². The normalized spacial score (nSPS) is 17.6. The van der Waals surface area contributed by atoms with Crippen molar-refractivity contribution in [3.8, 4) is 11.5 Å². The summed E-state index contributed by atoms with van der Waals surface area (Å²) in [4.78, 5) is 12.9. The van der Waals surface area contributed by atoms with Gasteiger partial charge in [-0.2, -0.15) is 18.3 Å². The molecule has 0 unspecified atom stereocenters. The zero-order chi connectivity index (χ0) is 23.8. The van der Waals surface area contributed by atoms with Gasteiger partial charge in [0.2, 0.25) is 0 Å². The van der Waals surface area contributed by atoms with Crippen LogP contribution in [0.5, 0.6) is 11.5 Å². The van der Waals surface area contributed by atoms with Crippen LogP contribution in [0.2, 0.25) is 5.02 Å². The summed E-state index contributed by atoms with van der Waals surface area (Å²) in [7, 11) is 2.92. The van der Waals surface area contributed by atoms with Crippen LogP contribution >= 0.6 is 11.6 Å². The van der Waals surface area contributed by atoms with E-state index < -0.39 is 24.2 Å². The van der Waals surface area contributed by atoms with Crippen LogP contribution in [0.4, 0.5) is 24.7 Å². The van der Waals surface area contributed by atoms with Crippen molar-refractivity contribution >= 4 is 29.0 Å². The lowest BCUT2D eigenvalue weighted by Crippen LogP contribution is -2.36. The van der Waals surface area contributed by atoms with Gasteiger partial charge in [-0.25, -0.2) is 4.68 Å². The van der Waals surface area contributed by atoms with E-state index in [1.807, 2.05) is 0 Å². The van der Waals surface area contributed by atoms with E-state index in [1.54, 1.807) is 36.4 Å². The molecule has 7 nitrogen and oxygen atoms in total. The number of nitrogens with zero attached hydrogens (tertiary/aromatic N) is 2. The van der Waals surface area contributed by atoms with Gasteiger partial charge >= 0.3 is 6.18 Å². The van der Waals surface area contributed by atoms with E-state index in [0.29, 0.717) is 27.8 Å². The highest BCUT2D eigenvalue weighted by atomic mass is 35.5. The Morgan fingerprint density at radius 2 is 1.94 bits per heavy atom. The fourth-order valence-corrected chi connectivity index (χ4v) is 3.97. The van der Waals surface area contributed by atoms with Crippen molar-refractivity contribution in [2.45, 2.75) is 24.7 Å². The van der Waals surface area contributed by atoms with Crippen LogP contribution in [0.25, 0.3) is 0 Å². The molecular weight excluding hydrogens is 461 g/mol. The Morgan fingerprint density at radius 1 is 1.18 bits per heavy atom. The number of rotatable bonds is 5. The summed E-state index contributed by atoms with van der Waals surface area (Å²) < 4.78 is 53.1. The van der Waals surface area contributed by atoms with Gasteiger partial charge in [-0.3, -0.25) is 4.79 Å². The number of aromatic nitrogens is 2. The molecule has 1 aliphatic rings. The van der Waals surface area contributed by atoms with Crippen molar-refractivity contribution in [1.29, 1.82) is 0 Å². The first-order valence-corrected chi connectivity index (χ1v) is 10.3. The molecule has 33 heavy (non-hydrogen) atoms. The maximum atomic E-state index is 13.9. The number of alkyl halides is 3. The van der Waals surface area contributed by atoms with Gasteiger partial charge < -0.3 is 20.1 Å². The van der Waals surface area contributed by atoms with Crippen LogP contribution in [0.1, 0.15) is 34.4 Å². The van der Waals surface area contributed by atoms with Crippen LogP contribution < -0.4 is 20.1 Å². The Labute approximate surface area is 192 Å². The predicted octanol–water partition coefficient (Wildman–Crippen LogP) is 5.47. The number of ether oxygens (including phenoxy) is 2. The number of hydrogen-bond acceptors (Lipinski definition) is 5. The number of carbonyl (C=O) groups excluding carboxylic acids is 1. The number of carbonyl (C=O) groups is 1. The Morgan fingerprint density at radius 3 is 2.61 bits per heavy atom. The van der Waals surface area contributed by atoms with Crippen LogP contribution in [0, 0.1) is 0 Å². The SMILES string of the molecule is COc1ccc([C@H]2C[C@@H](C(F)(F)F)n3ncc(C(=O)Nc4cccc(Cl)c4)c3N2)cc1OC. The topological polar surface area (TPSA) is 77.4 Å². The zero-order valence-electron chi connectivity index (χ0n) is 17.6. The molecule has 3 aromatic rings. The molecule has 11 heteroatoms. The van der Waals surface area contributed by atoms with Gasteiger partial charge in [0.05, 0.1) is 26.5 Å². The third kappa shape index (κ3) is 4.56. The molecule has 0 aliphatic carbocycles. The average Bonchev–Trinajstić information content (AvgIpc) is 3.21. The molecule has 1 aliphatic heterocycles. The van der Waals surface area contributed by atoms with Crippen molar-refractivity contribution < 1.29 is 27.4 Å². The van der Waals surface area contributed by atoms with E-state index in [1.165, 1.54) is 20.3 Å². The maximum Gasteiger partial charge on any atom is 0.410 e. The highest BCUT2D eigenvalue weighted by Crippen LogP contribution is 2.45. The molecule has 0 fully saturated rings. The molecule has 2 atom stereocenters. The smallest absolute Gasteiger partial charge is 0.410 e. The first-order chi connectivity index (χ1) is 15.7. The van der Waals surface area contributed by atoms with Crippen LogP contribution in [-0.4, -0.2) is 36.1 Å². The lowest BCUT2D eigenvalue weighted by atomic mass is 9.96. The number of amides is 1. The van der Waals surface area contributed by atoms with E-state index in [0.717, 1.165) is 10.9 Å². The number of nitrogens with one attached hydrogen (secondary N) is 2. The molecule has 2 heterocycles. The van der Waals surface area contributed by atoms with Gasteiger partial charge in [-0.05, 0) is 35.9 Å². The van der Waals surface area contributed by atoms with E-state index in [9.17, 15) is 18.0 Å². The predicted molar refractivity (Wildman–Crippen MR) is 117 cm³/mol. The monoisotopic (exact) mass is 480 g/mol. The largest absolute Gasteiger partial charge is 0.493 e. The molecule has 2 aromatic carbocycles. The first-order valence-electron chi connectivity index (χ1n) is 9.91. The van der Waals surface area contributed by atoms with Gasteiger partial charge in [0.25, 0.3) is 5.91 Å². The molecule has 0 spiro atoms. The Kier molecular flexibility index (Phi) is 6.11.